The molecule has 0 spiro atoms. The van der Waals surface area contributed by atoms with Crippen molar-refractivity contribution in [2.75, 3.05) is 5.73 Å². The first kappa shape index (κ1) is 9.40. The second-order valence-corrected chi connectivity index (χ2v) is 5.13. The summed E-state index contributed by atoms with van der Waals surface area (Å²) in [6, 6.07) is 6.19. The largest absolute Gasteiger partial charge is 0.382 e. The lowest BCUT2D eigenvalue weighted by Crippen LogP contribution is -1.86. The highest BCUT2D eigenvalue weighted by Crippen LogP contribution is 2.27. The zero-order valence-corrected chi connectivity index (χ0v) is 9.06. The number of aromatic nitrogens is 2. The number of H-pyrrole nitrogens is 1. The Morgan fingerprint density at radius 3 is 2.93 bits per heavy atom. The Morgan fingerprint density at radius 1 is 1.43 bits per heavy atom. The Labute approximate surface area is 87.1 Å². The molecule has 1 heterocycles. The molecule has 1 aromatic heterocycles. The van der Waals surface area contributed by atoms with Crippen LogP contribution in [0.2, 0.25) is 0 Å². The monoisotopic (exact) mass is 207 g/mol. The number of rotatable bonds is 2. The van der Waals surface area contributed by atoms with E-state index in [0.717, 1.165) is 10.9 Å². The molecule has 0 aliphatic rings. The quantitative estimate of drug-likeness (QED) is 0.744. The average molecular weight is 207 g/mol. The normalized spacial score (nSPS) is 11.4. The summed E-state index contributed by atoms with van der Waals surface area (Å²) >= 11 is 1.83. The van der Waals surface area contributed by atoms with Gasteiger partial charge in [-0.25, -0.2) is 0 Å². The minimum Gasteiger partial charge on any atom is -0.382 e. The molecule has 74 valence electrons. The van der Waals surface area contributed by atoms with Gasteiger partial charge in [0.25, 0.3) is 0 Å². The maximum Gasteiger partial charge on any atom is 0.153 e. The average Bonchev–Trinajstić information content (AvgIpc) is 2.47. The molecule has 3 N–H and O–H groups in total. The molecule has 0 aliphatic heterocycles. The van der Waals surface area contributed by atoms with Crippen molar-refractivity contribution in [3.63, 3.8) is 0 Å². The number of nitrogens with zero attached hydrogens (tertiary/aromatic N) is 1. The van der Waals surface area contributed by atoms with Gasteiger partial charge >= 0.3 is 0 Å². The molecule has 0 amide bonds. The van der Waals surface area contributed by atoms with Crippen LogP contribution in [0.4, 0.5) is 5.82 Å². The predicted molar refractivity (Wildman–Crippen MR) is 61.5 cm³/mol. The lowest BCUT2D eigenvalue weighted by molar-refractivity contribution is 1.11. The van der Waals surface area contributed by atoms with Gasteiger partial charge in [-0.15, -0.1) is 11.8 Å². The minimum atomic E-state index is 0.575. The van der Waals surface area contributed by atoms with Crippen molar-refractivity contribution in [1.29, 1.82) is 0 Å². The maximum atomic E-state index is 5.72. The Bertz CT molecular complexity index is 448. The van der Waals surface area contributed by atoms with Crippen molar-refractivity contribution >= 4 is 28.5 Å². The lowest BCUT2D eigenvalue weighted by atomic mass is 10.2. The van der Waals surface area contributed by atoms with Crippen LogP contribution in [0.3, 0.4) is 0 Å². The summed E-state index contributed by atoms with van der Waals surface area (Å²) in [6.07, 6.45) is 0. The zero-order valence-electron chi connectivity index (χ0n) is 8.24. The van der Waals surface area contributed by atoms with Gasteiger partial charge in [-0.1, -0.05) is 13.8 Å². The SMILES string of the molecule is CC(C)Sc1ccc2[nH]nc(N)c2c1. The summed E-state index contributed by atoms with van der Waals surface area (Å²) in [5.41, 5.74) is 6.72. The van der Waals surface area contributed by atoms with Gasteiger partial charge in [-0.05, 0) is 18.2 Å². The highest BCUT2D eigenvalue weighted by molar-refractivity contribution is 7.99. The fourth-order valence-electron chi connectivity index (χ4n) is 1.36. The molecule has 0 bridgehead atoms. The molecule has 0 fully saturated rings. The van der Waals surface area contributed by atoms with Gasteiger partial charge in [-0.2, -0.15) is 5.10 Å². The Morgan fingerprint density at radius 2 is 2.21 bits per heavy atom. The summed E-state index contributed by atoms with van der Waals surface area (Å²) in [7, 11) is 0. The van der Waals surface area contributed by atoms with Crippen LogP contribution in [0, 0.1) is 0 Å². The fourth-order valence-corrected chi connectivity index (χ4v) is 2.24. The third kappa shape index (κ3) is 1.70. The molecule has 4 heteroatoms. The number of hydrogen-bond donors (Lipinski definition) is 2. The van der Waals surface area contributed by atoms with Crippen LogP contribution < -0.4 is 5.73 Å². The molecular weight excluding hydrogens is 194 g/mol. The molecule has 3 nitrogen and oxygen atoms in total. The van der Waals surface area contributed by atoms with Crippen LogP contribution in [0.15, 0.2) is 23.1 Å². The number of benzene rings is 1. The highest BCUT2D eigenvalue weighted by Gasteiger charge is 2.04. The van der Waals surface area contributed by atoms with Gasteiger partial charge < -0.3 is 5.73 Å². The van der Waals surface area contributed by atoms with Crippen LogP contribution in [-0.4, -0.2) is 15.4 Å². The van der Waals surface area contributed by atoms with E-state index >= 15 is 0 Å². The zero-order chi connectivity index (χ0) is 10.1. The molecule has 0 saturated heterocycles. The molecule has 0 atom stereocenters. The summed E-state index contributed by atoms with van der Waals surface area (Å²) < 4.78 is 0. The molecule has 0 unspecified atom stereocenters. The fraction of sp³-hybridized carbons (Fsp3) is 0.300. The van der Waals surface area contributed by atoms with Crippen molar-refractivity contribution < 1.29 is 0 Å². The van der Waals surface area contributed by atoms with E-state index in [1.54, 1.807) is 0 Å². The van der Waals surface area contributed by atoms with Crippen molar-refractivity contribution in [3.05, 3.63) is 18.2 Å². The minimum absolute atomic E-state index is 0.575. The van der Waals surface area contributed by atoms with Gasteiger partial charge in [-0.3, -0.25) is 5.10 Å². The number of nitrogens with one attached hydrogen (secondary N) is 1. The van der Waals surface area contributed by atoms with Gasteiger partial charge in [0.05, 0.1) is 5.52 Å². The molecule has 0 radical (unpaired) electrons. The number of nitrogen functional groups attached to an aromatic ring is 1. The standard InChI is InChI=1S/C10H13N3S/c1-6(2)14-7-3-4-9-8(5-7)10(11)13-12-9/h3-6H,1-2H3,(H3,11,12,13). The smallest absolute Gasteiger partial charge is 0.153 e. The van der Waals surface area contributed by atoms with Crippen LogP contribution in [0.1, 0.15) is 13.8 Å². The molecule has 2 rings (SSSR count). The summed E-state index contributed by atoms with van der Waals surface area (Å²) in [5.74, 6) is 0.575. The molecule has 14 heavy (non-hydrogen) atoms. The first-order valence-corrected chi connectivity index (χ1v) is 5.45. The number of anilines is 1. The topological polar surface area (TPSA) is 54.7 Å². The number of hydrogen-bond acceptors (Lipinski definition) is 3. The molecule has 1 aromatic carbocycles. The second kappa shape index (κ2) is 3.53. The molecular formula is C10H13N3S. The van der Waals surface area contributed by atoms with Gasteiger partial charge in [0.15, 0.2) is 5.82 Å². The van der Waals surface area contributed by atoms with Gasteiger partial charge in [0, 0.05) is 15.5 Å². The van der Waals surface area contributed by atoms with E-state index in [0.29, 0.717) is 11.1 Å². The molecule has 0 aliphatic carbocycles. The molecule has 0 saturated carbocycles. The van der Waals surface area contributed by atoms with E-state index < -0.39 is 0 Å². The Hall–Kier alpha value is -1.16. The highest BCUT2D eigenvalue weighted by atomic mass is 32.2. The van der Waals surface area contributed by atoms with E-state index in [1.807, 2.05) is 17.8 Å². The first-order valence-electron chi connectivity index (χ1n) is 4.57. The van der Waals surface area contributed by atoms with Crippen LogP contribution in [-0.2, 0) is 0 Å². The number of nitrogens with two attached hydrogens (primary N) is 1. The van der Waals surface area contributed by atoms with E-state index in [-0.39, 0.29) is 0 Å². The summed E-state index contributed by atoms with van der Waals surface area (Å²) in [4.78, 5) is 1.24. The van der Waals surface area contributed by atoms with E-state index in [1.165, 1.54) is 4.90 Å². The lowest BCUT2D eigenvalue weighted by Gasteiger charge is -2.04. The predicted octanol–water partition coefficient (Wildman–Crippen LogP) is 2.65. The number of thioether (sulfide) groups is 1. The summed E-state index contributed by atoms with van der Waals surface area (Å²) in [5, 5.41) is 8.44. The van der Waals surface area contributed by atoms with Crippen molar-refractivity contribution in [1.82, 2.24) is 10.2 Å². The van der Waals surface area contributed by atoms with Crippen LogP contribution in [0.5, 0.6) is 0 Å². The number of aromatic amines is 1. The van der Waals surface area contributed by atoms with E-state index in [9.17, 15) is 0 Å². The van der Waals surface area contributed by atoms with E-state index in [2.05, 4.69) is 36.2 Å². The van der Waals surface area contributed by atoms with E-state index in [4.69, 9.17) is 5.73 Å². The van der Waals surface area contributed by atoms with Gasteiger partial charge in [0.1, 0.15) is 0 Å². The van der Waals surface area contributed by atoms with Crippen LogP contribution >= 0.6 is 11.8 Å². The Kier molecular flexibility index (Phi) is 2.37. The molecule has 2 aromatic rings. The number of fused-ring (bicyclic) bond motifs is 1. The van der Waals surface area contributed by atoms with Crippen molar-refractivity contribution in [2.45, 2.75) is 24.0 Å². The first-order chi connectivity index (χ1) is 6.66. The third-order valence-electron chi connectivity index (χ3n) is 1.94. The van der Waals surface area contributed by atoms with Crippen molar-refractivity contribution in [3.8, 4) is 0 Å². The Balaban J connectivity index is 2.44. The van der Waals surface area contributed by atoms with Gasteiger partial charge in [0.2, 0.25) is 0 Å². The second-order valence-electron chi connectivity index (χ2n) is 3.48. The summed E-state index contributed by atoms with van der Waals surface area (Å²) in [6.45, 7) is 4.35. The van der Waals surface area contributed by atoms with Crippen LogP contribution in [0.25, 0.3) is 10.9 Å². The van der Waals surface area contributed by atoms with Crippen molar-refractivity contribution in [2.24, 2.45) is 0 Å². The maximum absolute atomic E-state index is 5.72. The third-order valence-corrected chi connectivity index (χ3v) is 2.93.